The number of benzene rings is 1. The van der Waals surface area contributed by atoms with Gasteiger partial charge < -0.3 is 20.1 Å². The smallest absolute Gasteiger partial charge is 0.221 e. The van der Waals surface area contributed by atoms with E-state index < -0.39 is 24.6 Å². The molecule has 0 saturated carbocycles. The van der Waals surface area contributed by atoms with Gasteiger partial charge in [0.2, 0.25) is 5.88 Å². The van der Waals surface area contributed by atoms with Gasteiger partial charge in [-0.3, -0.25) is 0 Å². The lowest BCUT2D eigenvalue weighted by atomic mass is 10.1. The molecule has 20 heavy (non-hydrogen) atoms. The fourth-order valence-electron chi connectivity index (χ4n) is 1.99. The van der Waals surface area contributed by atoms with Gasteiger partial charge in [0.1, 0.15) is 5.82 Å². The van der Waals surface area contributed by atoms with Crippen molar-refractivity contribution in [2.45, 2.75) is 18.6 Å². The number of hydrogen-bond acceptors (Lipinski definition) is 5. The van der Waals surface area contributed by atoms with Crippen LogP contribution in [0.15, 0.2) is 24.3 Å². The highest BCUT2D eigenvalue weighted by atomic mass is 19.1. The van der Waals surface area contributed by atoms with Crippen molar-refractivity contribution in [2.24, 2.45) is 0 Å². The zero-order chi connectivity index (χ0) is 14.7. The fraction of sp³-hybridized carbons (Fsp3) is 0.357. The number of ether oxygens (including phenoxy) is 1. The Balaban J connectivity index is 2.43. The topological polar surface area (TPSA) is 82.8 Å². The van der Waals surface area contributed by atoms with Crippen molar-refractivity contribution in [1.82, 2.24) is 4.98 Å². The summed E-state index contributed by atoms with van der Waals surface area (Å²) in [4.78, 5) is 4.12. The molecule has 0 aliphatic heterocycles. The first-order valence-electron chi connectivity index (χ1n) is 6.16. The summed E-state index contributed by atoms with van der Waals surface area (Å²) in [6.07, 6.45) is -2.11. The Labute approximate surface area is 115 Å². The first-order valence-corrected chi connectivity index (χ1v) is 6.16. The van der Waals surface area contributed by atoms with E-state index >= 15 is 0 Å². The monoisotopic (exact) mass is 281 g/mol. The molecular formula is C14H16FNO4. The summed E-state index contributed by atoms with van der Waals surface area (Å²) in [6, 6.07) is 5.78. The summed E-state index contributed by atoms with van der Waals surface area (Å²) < 4.78 is 18.3. The minimum Gasteiger partial charge on any atom is -0.481 e. The average Bonchev–Trinajstić information content (AvgIpc) is 2.45. The quantitative estimate of drug-likeness (QED) is 0.766. The summed E-state index contributed by atoms with van der Waals surface area (Å²) in [7, 11) is 1.41. The van der Waals surface area contributed by atoms with Crippen LogP contribution in [0.1, 0.15) is 18.2 Å². The molecule has 0 bridgehead atoms. The summed E-state index contributed by atoms with van der Waals surface area (Å²) >= 11 is 0. The zero-order valence-corrected chi connectivity index (χ0v) is 11.0. The van der Waals surface area contributed by atoms with Crippen molar-refractivity contribution < 1.29 is 24.4 Å². The SMILES string of the molecule is COc1nc(C(O)CC(O)CO)cc2ccc(F)cc12. The van der Waals surface area contributed by atoms with E-state index in [-0.39, 0.29) is 12.3 Å². The number of methoxy groups -OCH3 is 1. The van der Waals surface area contributed by atoms with E-state index in [4.69, 9.17) is 9.84 Å². The first kappa shape index (κ1) is 14.6. The highest BCUT2D eigenvalue weighted by Crippen LogP contribution is 2.28. The number of nitrogens with zero attached hydrogens (tertiary/aromatic N) is 1. The molecule has 0 radical (unpaired) electrons. The van der Waals surface area contributed by atoms with E-state index in [1.807, 2.05) is 0 Å². The van der Waals surface area contributed by atoms with E-state index in [9.17, 15) is 14.6 Å². The van der Waals surface area contributed by atoms with E-state index in [2.05, 4.69) is 4.98 Å². The molecule has 2 rings (SSSR count). The second-order valence-corrected chi connectivity index (χ2v) is 4.51. The van der Waals surface area contributed by atoms with E-state index in [1.165, 1.54) is 19.2 Å². The molecule has 2 aromatic rings. The number of aliphatic hydroxyl groups excluding tert-OH is 3. The maximum atomic E-state index is 13.2. The predicted molar refractivity (Wildman–Crippen MR) is 70.9 cm³/mol. The fourth-order valence-corrected chi connectivity index (χ4v) is 1.99. The summed E-state index contributed by atoms with van der Waals surface area (Å²) in [5.41, 5.74) is 0.299. The van der Waals surface area contributed by atoms with Gasteiger partial charge in [-0.2, -0.15) is 0 Å². The van der Waals surface area contributed by atoms with Crippen LogP contribution in [0, 0.1) is 5.82 Å². The Bertz CT molecular complexity index is 605. The zero-order valence-electron chi connectivity index (χ0n) is 11.0. The van der Waals surface area contributed by atoms with Crippen LogP contribution in [0.25, 0.3) is 10.8 Å². The molecule has 1 heterocycles. The summed E-state index contributed by atoms with van der Waals surface area (Å²) in [6.45, 7) is -0.438. The standard InChI is InChI=1S/C14H16FNO4/c1-20-14-11-5-9(15)3-2-8(11)4-12(16-14)13(19)6-10(18)7-17/h2-5,10,13,17-19H,6-7H2,1H3. The van der Waals surface area contributed by atoms with Crippen LogP contribution >= 0.6 is 0 Å². The maximum absolute atomic E-state index is 13.2. The molecule has 2 unspecified atom stereocenters. The lowest BCUT2D eigenvalue weighted by Gasteiger charge is -2.15. The lowest BCUT2D eigenvalue weighted by molar-refractivity contribution is 0.0397. The minimum atomic E-state index is -1.04. The van der Waals surface area contributed by atoms with Crippen LogP contribution in [0.5, 0.6) is 5.88 Å². The molecule has 108 valence electrons. The average molecular weight is 281 g/mol. The third-order valence-corrected chi connectivity index (χ3v) is 3.02. The van der Waals surface area contributed by atoms with Crippen LogP contribution in [0.4, 0.5) is 4.39 Å². The second-order valence-electron chi connectivity index (χ2n) is 4.51. The van der Waals surface area contributed by atoms with E-state index in [0.717, 1.165) is 0 Å². The molecule has 5 nitrogen and oxygen atoms in total. The van der Waals surface area contributed by atoms with Gasteiger partial charge in [0.15, 0.2) is 0 Å². The normalized spacial score (nSPS) is 14.2. The van der Waals surface area contributed by atoms with Crippen molar-refractivity contribution in [2.75, 3.05) is 13.7 Å². The van der Waals surface area contributed by atoms with Gasteiger partial charge >= 0.3 is 0 Å². The molecule has 2 atom stereocenters. The Morgan fingerprint density at radius 3 is 2.70 bits per heavy atom. The number of pyridine rings is 1. The Kier molecular flexibility index (Phi) is 4.49. The molecule has 0 saturated heterocycles. The number of aromatic nitrogens is 1. The van der Waals surface area contributed by atoms with Gasteiger partial charge in [-0.1, -0.05) is 6.07 Å². The molecule has 0 spiro atoms. The summed E-state index contributed by atoms with van der Waals surface area (Å²) in [5.74, 6) is -0.198. The second kappa shape index (κ2) is 6.13. The van der Waals surface area contributed by atoms with Crippen LogP contribution in [-0.2, 0) is 0 Å². The van der Waals surface area contributed by atoms with Gasteiger partial charge in [-0.25, -0.2) is 9.37 Å². The number of fused-ring (bicyclic) bond motifs is 1. The highest BCUT2D eigenvalue weighted by molar-refractivity contribution is 5.87. The molecule has 6 heteroatoms. The van der Waals surface area contributed by atoms with Crippen LogP contribution < -0.4 is 4.74 Å². The van der Waals surface area contributed by atoms with Gasteiger partial charge in [0.25, 0.3) is 0 Å². The molecule has 0 amide bonds. The van der Waals surface area contributed by atoms with E-state index in [1.54, 1.807) is 12.1 Å². The van der Waals surface area contributed by atoms with Crippen molar-refractivity contribution >= 4 is 10.8 Å². The molecule has 1 aromatic carbocycles. The van der Waals surface area contributed by atoms with Crippen LogP contribution in [-0.4, -0.2) is 40.1 Å². The van der Waals surface area contributed by atoms with Crippen molar-refractivity contribution in [1.29, 1.82) is 0 Å². The van der Waals surface area contributed by atoms with Crippen molar-refractivity contribution in [3.05, 3.63) is 35.8 Å². The van der Waals surface area contributed by atoms with Gasteiger partial charge in [-0.05, 0) is 23.6 Å². The molecule has 0 aliphatic rings. The largest absolute Gasteiger partial charge is 0.481 e. The number of aliphatic hydroxyl groups is 3. The third kappa shape index (κ3) is 3.04. The van der Waals surface area contributed by atoms with E-state index in [0.29, 0.717) is 16.5 Å². The lowest BCUT2D eigenvalue weighted by Crippen LogP contribution is -2.17. The Morgan fingerprint density at radius 2 is 2.05 bits per heavy atom. The number of halogens is 1. The Hall–Kier alpha value is -1.76. The van der Waals surface area contributed by atoms with Crippen molar-refractivity contribution in [3.8, 4) is 5.88 Å². The summed E-state index contributed by atoms with van der Waals surface area (Å²) in [5, 5.41) is 29.3. The van der Waals surface area contributed by atoms with Crippen LogP contribution in [0.2, 0.25) is 0 Å². The molecular weight excluding hydrogens is 265 g/mol. The van der Waals surface area contributed by atoms with Gasteiger partial charge in [0.05, 0.1) is 31.6 Å². The number of hydrogen-bond donors (Lipinski definition) is 3. The first-order chi connectivity index (χ1) is 9.55. The van der Waals surface area contributed by atoms with Gasteiger partial charge in [-0.15, -0.1) is 0 Å². The minimum absolute atomic E-state index is 0.0423. The predicted octanol–water partition coefficient (Wildman–Crippen LogP) is 1.16. The molecule has 0 fully saturated rings. The molecule has 3 N–H and O–H groups in total. The third-order valence-electron chi connectivity index (χ3n) is 3.02. The van der Waals surface area contributed by atoms with Crippen LogP contribution in [0.3, 0.4) is 0 Å². The van der Waals surface area contributed by atoms with Gasteiger partial charge in [0, 0.05) is 11.8 Å². The molecule has 1 aromatic heterocycles. The Morgan fingerprint density at radius 1 is 1.30 bits per heavy atom. The van der Waals surface area contributed by atoms with Crippen molar-refractivity contribution in [3.63, 3.8) is 0 Å². The molecule has 0 aliphatic carbocycles. The maximum Gasteiger partial charge on any atom is 0.221 e. The highest BCUT2D eigenvalue weighted by Gasteiger charge is 2.17. The number of rotatable bonds is 5.